The van der Waals surface area contributed by atoms with E-state index >= 15 is 0 Å². The lowest BCUT2D eigenvalue weighted by molar-refractivity contribution is -0.132. The van der Waals surface area contributed by atoms with Crippen molar-refractivity contribution >= 4 is 35.5 Å². The first-order valence-corrected chi connectivity index (χ1v) is 23.8. The van der Waals surface area contributed by atoms with Gasteiger partial charge in [-0.1, -0.05) is 74.5 Å². The highest BCUT2D eigenvalue weighted by molar-refractivity contribution is 5.98. The largest absolute Gasteiger partial charge is 0.449 e. The van der Waals surface area contributed by atoms with Crippen molar-refractivity contribution in [2.45, 2.75) is 57.7 Å². The topological polar surface area (TPSA) is 266 Å². The normalized spacial score (nSPS) is 12.7. The summed E-state index contributed by atoms with van der Waals surface area (Å²) in [5.74, 6) is -1.69. The predicted octanol–water partition coefficient (Wildman–Crippen LogP) is 3.24. The van der Waals surface area contributed by atoms with Crippen molar-refractivity contribution in [2.75, 3.05) is 118 Å². The maximum Gasteiger partial charge on any atom is 0.407 e. The lowest BCUT2D eigenvalue weighted by atomic mass is 9.98. The summed E-state index contributed by atoms with van der Waals surface area (Å²) in [4.78, 5) is 62.7. The van der Waals surface area contributed by atoms with Gasteiger partial charge in [0.15, 0.2) is 0 Å². The van der Waals surface area contributed by atoms with Gasteiger partial charge in [0, 0.05) is 31.1 Å². The Kier molecular flexibility index (Phi) is 27.4. The number of carbonyl (C=O) groups excluding carboxylic acids is 5. The van der Waals surface area contributed by atoms with E-state index in [2.05, 4.69) is 50.8 Å². The predicted molar refractivity (Wildman–Crippen MR) is 260 cm³/mol. The zero-order valence-corrected chi connectivity index (χ0v) is 40.4. The molecule has 20 heteroatoms. The molecule has 0 spiro atoms. The minimum atomic E-state index is -0.974. The summed E-state index contributed by atoms with van der Waals surface area (Å²) < 4.78 is 44.2. The van der Waals surface area contributed by atoms with Gasteiger partial charge in [-0.05, 0) is 58.7 Å². The van der Waals surface area contributed by atoms with Gasteiger partial charge in [-0.2, -0.15) is 0 Å². The average Bonchev–Trinajstić information content (AvgIpc) is 3.67. The van der Waals surface area contributed by atoms with Crippen LogP contribution >= 0.6 is 0 Å². The van der Waals surface area contributed by atoms with Crippen molar-refractivity contribution in [2.24, 2.45) is 11.7 Å². The molecular formula is C50H72N6O14. The van der Waals surface area contributed by atoms with Gasteiger partial charge in [0.25, 0.3) is 0 Å². The number of aliphatic hydroxyl groups excluding tert-OH is 1. The second-order valence-electron chi connectivity index (χ2n) is 16.4. The number of nitrogens with two attached hydrogens (primary N) is 1. The molecule has 1 aliphatic rings. The van der Waals surface area contributed by atoms with Gasteiger partial charge in [0.1, 0.15) is 18.7 Å². The van der Waals surface area contributed by atoms with Crippen LogP contribution in [-0.2, 0) is 58.9 Å². The molecule has 1 aliphatic carbocycles. The van der Waals surface area contributed by atoms with E-state index in [1.165, 1.54) is 22.3 Å². The molecule has 0 saturated carbocycles. The first kappa shape index (κ1) is 56.9. The first-order valence-electron chi connectivity index (χ1n) is 23.8. The van der Waals surface area contributed by atoms with Crippen molar-refractivity contribution < 1.29 is 67.0 Å². The highest BCUT2D eigenvalue weighted by atomic mass is 16.6. The molecule has 0 fully saturated rings. The third kappa shape index (κ3) is 21.9. The molecule has 3 aromatic rings. The van der Waals surface area contributed by atoms with Crippen LogP contribution in [0.2, 0.25) is 0 Å². The Hall–Kier alpha value is -5.71. The molecular weight excluding hydrogens is 909 g/mol. The van der Waals surface area contributed by atoms with Gasteiger partial charge in [-0.3, -0.25) is 14.4 Å². The zero-order valence-electron chi connectivity index (χ0n) is 40.4. The SMILES string of the molecule is CC(C)[C@H](NC(=O)CCOCCOCCOCCOCCOCCOCCOCCNC(=O)OCC1c2ccccc2-c2ccccc21)C(=O)N[C@@H](CCCNC(N)=O)C(=O)Nc1ccc(CO)cc1. The van der Waals surface area contributed by atoms with Crippen LogP contribution < -0.4 is 32.3 Å². The number of hydrogen-bond acceptors (Lipinski definition) is 14. The summed E-state index contributed by atoms with van der Waals surface area (Å²) >= 11 is 0. The Bertz CT molecular complexity index is 1960. The monoisotopic (exact) mass is 981 g/mol. The van der Waals surface area contributed by atoms with Crippen molar-refractivity contribution in [3.05, 3.63) is 89.5 Å². The maximum atomic E-state index is 13.4. The molecule has 6 amide bonds. The molecule has 3 aromatic carbocycles. The van der Waals surface area contributed by atoms with Crippen LogP contribution in [0, 0.1) is 5.92 Å². The van der Waals surface area contributed by atoms with E-state index in [1.54, 1.807) is 38.1 Å². The molecule has 0 radical (unpaired) electrons. The average molecular weight is 981 g/mol. The molecule has 70 heavy (non-hydrogen) atoms. The lowest BCUT2D eigenvalue weighted by Gasteiger charge is -2.25. The number of urea groups is 1. The zero-order chi connectivity index (χ0) is 50.2. The van der Waals surface area contributed by atoms with Gasteiger partial charge < -0.3 is 75.3 Å². The molecule has 0 bridgehead atoms. The Labute approximate surface area is 410 Å². The molecule has 20 nitrogen and oxygen atoms in total. The number of fused-ring (bicyclic) bond motifs is 3. The van der Waals surface area contributed by atoms with E-state index < -0.39 is 41.9 Å². The number of aliphatic hydroxyl groups is 1. The van der Waals surface area contributed by atoms with Gasteiger partial charge in [0.2, 0.25) is 17.7 Å². The van der Waals surface area contributed by atoms with Gasteiger partial charge in [-0.15, -0.1) is 0 Å². The van der Waals surface area contributed by atoms with E-state index in [4.69, 9.17) is 43.6 Å². The Morgan fingerprint density at radius 2 is 1.10 bits per heavy atom. The molecule has 8 N–H and O–H groups in total. The molecule has 386 valence electrons. The summed E-state index contributed by atoms with van der Waals surface area (Å²) in [5, 5.41) is 22.7. The second-order valence-corrected chi connectivity index (χ2v) is 16.4. The van der Waals surface area contributed by atoms with Gasteiger partial charge >= 0.3 is 12.1 Å². The number of ether oxygens (including phenoxy) is 8. The Balaban J connectivity index is 0.904. The fourth-order valence-corrected chi connectivity index (χ4v) is 7.21. The van der Waals surface area contributed by atoms with Crippen molar-refractivity contribution in [3.8, 4) is 11.1 Å². The fraction of sp³-hybridized carbons (Fsp3) is 0.540. The van der Waals surface area contributed by atoms with Crippen molar-refractivity contribution in [1.82, 2.24) is 21.3 Å². The van der Waals surface area contributed by atoms with E-state index in [1.807, 2.05) is 24.3 Å². The molecule has 0 saturated heterocycles. The second kappa shape index (κ2) is 33.8. The number of alkyl carbamates (subject to hydrolysis) is 1. The van der Waals surface area contributed by atoms with Crippen LogP contribution in [0.5, 0.6) is 0 Å². The number of anilines is 1. The van der Waals surface area contributed by atoms with E-state index in [0.29, 0.717) is 103 Å². The molecule has 0 aliphatic heterocycles. The molecule has 2 atom stereocenters. The fourth-order valence-electron chi connectivity index (χ4n) is 7.21. The van der Waals surface area contributed by atoms with Gasteiger partial charge in [0.05, 0.1) is 99.1 Å². The van der Waals surface area contributed by atoms with Crippen LogP contribution in [0.15, 0.2) is 72.8 Å². The van der Waals surface area contributed by atoms with Crippen molar-refractivity contribution in [3.63, 3.8) is 0 Å². The summed E-state index contributed by atoms with van der Waals surface area (Å²) in [7, 11) is 0. The van der Waals surface area contributed by atoms with E-state index in [9.17, 15) is 29.1 Å². The molecule has 0 heterocycles. The summed E-state index contributed by atoms with van der Waals surface area (Å²) in [6, 6.07) is 20.4. The number of benzene rings is 3. The Morgan fingerprint density at radius 3 is 1.60 bits per heavy atom. The number of rotatable bonds is 37. The molecule has 0 aromatic heterocycles. The van der Waals surface area contributed by atoms with E-state index in [-0.39, 0.29) is 57.6 Å². The van der Waals surface area contributed by atoms with Gasteiger partial charge in [-0.25, -0.2) is 9.59 Å². The Morgan fingerprint density at radius 1 is 0.600 bits per heavy atom. The number of carbonyl (C=O) groups is 5. The van der Waals surface area contributed by atoms with Crippen LogP contribution in [0.1, 0.15) is 55.7 Å². The van der Waals surface area contributed by atoms with Crippen LogP contribution in [0.4, 0.5) is 15.3 Å². The van der Waals surface area contributed by atoms with E-state index in [0.717, 1.165) is 0 Å². The number of hydrogen-bond donors (Lipinski definition) is 7. The molecule has 0 unspecified atom stereocenters. The summed E-state index contributed by atoms with van der Waals surface area (Å²) in [6.07, 6.45) is 0.0725. The van der Waals surface area contributed by atoms with Crippen molar-refractivity contribution in [1.29, 1.82) is 0 Å². The third-order valence-corrected chi connectivity index (χ3v) is 10.8. The number of nitrogens with one attached hydrogen (secondary N) is 5. The molecule has 4 rings (SSSR count). The number of amides is 6. The summed E-state index contributed by atoms with van der Waals surface area (Å²) in [5.41, 5.74) is 11.0. The highest BCUT2D eigenvalue weighted by Crippen LogP contribution is 2.44. The van der Waals surface area contributed by atoms with Crippen LogP contribution in [0.3, 0.4) is 0 Å². The standard InChI is InChI=1S/C50H72N6O14/c1-36(2)46(48(60)55-44(12-7-18-52-49(51)61)47(59)54-38-15-13-37(34-57)14-16-38)56-45(58)17-20-63-22-24-65-26-28-67-30-32-69-33-31-68-29-27-66-25-23-64-21-19-53-50(62)70-35-43-41-10-5-3-8-39(41)40-9-4-6-11-42(40)43/h3-6,8-11,13-16,36,43-44,46,57H,7,12,17-35H2,1-2H3,(H,53,62)(H,54,59)(H,55,60)(H,56,58)(H3,51,52,61)/t44-,46-/m0/s1. The third-order valence-electron chi connectivity index (χ3n) is 10.8. The van der Waals surface area contributed by atoms with Crippen LogP contribution in [-0.4, -0.2) is 159 Å². The summed E-state index contributed by atoms with van der Waals surface area (Å²) in [6.45, 7) is 9.25. The van der Waals surface area contributed by atoms with Crippen LogP contribution in [0.25, 0.3) is 11.1 Å². The minimum Gasteiger partial charge on any atom is -0.449 e. The highest BCUT2D eigenvalue weighted by Gasteiger charge is 2.30. The minimum absolute atomic E-state index is 0.0103. The lowest BCUT2D eigenvalue weighted by Crippen LogP contribution is -2.54. The first-order chi connectivity index (χ1) is 34.1. The smallest absolute Gasteiger partial charge is 0.407 e. The number of primary amides is 1. The maximum absolute atomic E-state index is 13.4. The quantitative estimate of drug-likeness (QED) is 0.0410.